The van der Waals surface area contributed by atoms with Gasteiger partial charge < -0.3 is 4.42 Å². The van der Waals surface area contributed by atoms with Gasteiger partial charge in [0.1, 0.15) is 11.2 Å². The quantitative estimate of drug-likeness (QED) is 0.182. The van der Waals surface area contributed by atoms with E-state index in [4.69, 9.17) is 22.1 Å². The van der Waals surface area contributed by atoms with Crippen molar-refractivity contribution in [2.75, 3.05) is 0 Å². The molecule has 4 heteroatoms. The van der Waals surface area contributed by atoms with Gasteiger partial charge in [-0.3, -0.25) is 0 Å². The van der Waals surface area contributed by atoms with Gasteiger partial charge >= 0.3 is 0 Å². The Labute approximate surface area is 310 Å². The van der Waals surface area contributed by atoms with E-state index in [-0.39, 0.29) is 80.6 Å². The Kier molecular flexibility index (Phi) is 5.52. The van der Waals surface area contributed by atoms with Crippen LogP contribution in [-0.4, -0.2) is 15.0 Å². The van der Waals surface area contributed by atoms with Crippen LogP contribution in [0.2, 0.25) is 0 Å². The molecule has 9 aromatic rings. The summed E-state index contributed by atoms with van der Waals surface area (Å²) in [6.45, 7) is 4.40. The van der Waals surface area contributed by atoms with Gasteiger partial charge in [-0.1, -0.05) is 147 Å². The van der Waals surface area contributed by atoms with E-state index >= 15 is 0 Å². The molecule has 0 saturated heterocycles. The van der Waals surface area contributed by atoms with Crippen LogP contribution < -0.4 is 0 Å². The minimum Gasteiger partial charge on any atom is -0.456 e. The number of rotatable bonds is 5. The van der Waals surface area contributed by atoms with E-state index in [2.05, 4.69) is 44.2 Å². The van der Waals surface area contributed by atoms with Gasteiger partial charge in [-0.15, -0.1) is 0 Å². The molecule has 0 bridgehead atoms. The van der Waals surface area contributed by atoms with Crippen molar-refractivity contribution in [1.29, 1.82) is 0 Å². The van der Waals surface area contributed by atoms with E-state index in [1.54, 1.807) is 24.3 Å². The van der Waals surface area contributed by atoms with Crippen LogP contribution in [0.1, 0.15) is 33.2 Å². The molecule has 2 heterocycles. The first-order chi connectivity index (χ1) is 28.0. The number of fused-ring (bicyclic) bond motifs is 6. The monoisotopic (exact) mass is 673 g/mol. The van der Waals surface area contributed by atoms with Gasteiger partial charge in [-0.25, -0.2) is 15.0 Å². The summed E-state index contributed by atoms with van der Waals surface area (Å²) < 4.78 is 61.2. The SMILES string of the molecule is [2H]c1c(-c2ccccc2)c([2H])c2c(oc3c([2H])c(-c4nc(-c5ccc(-c6ccccc6)cc5)nc(-c5ccc6c(c5)C(C)(C)c5ccccc5-6)n4)c([2H])c([2H])c32)c1[2H]. The van der Waals surface area contributed by atoms with Crippen molar-refractivity contribution >= 4 is 21.9 Å². The maximum absolute atomic E-state index is 9.49. The van der Waals surface area contributed by atoms with Crippen molar-refractivity contribution in [3.63, 3.8) is 0 Å². The van der Waals surface area contributed by atoms with Crippen LogP contribution in [0.5, 0.6) is 0 Å². The minimum absolute atomic E-state index is 0.0179. The second-order valence-corrected chi connectivity index (χ2v) is 13.6. The molecule has 7 aromatic carbocycles. The zero-order valence-corrected chi connectivity index (χ0v) is 28.4. The lowest BCUT2D eigenvalue weighted by Gasteiger charge is -2.21. The Balaban J connectivity index is 1.20. The van der Waals surface area contributed by atoms with Crippen LogP contribution in [-0.2, 0) is 5.41 Å². The van der Waals surface area contributed by atoms with Crippen LogP contribution >= 0.6 is 0 Å². The third-order valence-corrected chi connectivity index (χ3v) is 10.0. The minimum atomic E-state index is -0.324. The molecule has 0 N–H and O–H groups in total. The van der Waals surface area contributed by atoms with Crippen molar-refractivity contribution in [2.45, 2.75) is 19.3 Å². The molecule has 0 amide bonds. The van der Waals surface area contributed by atoms with Crippen molar-refractivity contribution < 1.29 is 12.6 Å². The molecule has 0 atom stereocenters. The van der Waals surface area contributed by atoms with Crippen molar-refractivity contribution in [3.05, 3.63) is 175 Å². The Morgan fingerprint density at radius 2 is 1.00 bits per heavy atom. The van der Waals surface area contributed by atoms with E-state index in [1.165, 1.54) is 11.1 Å². The highest BCUT2D eigenvalue weighted by molar-refractivity contribution is 6.07. The van der Waals surface area contributed by atoms with Gasteiger partial charge in [0, 0.05) is 32.9 Å². The summed E-state index contributed by atoms with van der Waals surface area (Å²) in [5.74, 6) is 0.681. The fourth-order valence-electron chi connectivity index (χ4n) is 7.28. The summed E-state index contributed by atoms with van der Waals surface area (Å²) in [7, 11) is 0. The first-order valence-corrected chi connectivity index (χ1v) is 17.2. The molecule has 0 radical (unpaired) electrons. The van der Waals surface area contributed by atoms with Gasteiger partial charge in [0.2, 0.25) is 0 Å². The number of nitrogens with zero attached hydrogens (tertiary/aromatic N) is 3. The van der Waals surface area contributed by atoms with E-state index in [0.29, 0.717) is 22.8 Å². The van der Waals surface area contributed by atoms with E-state index < -0.39 is 0 Å². The third-order valence-electron chi connectivity index (χ3n) is 10.0. The third kappa shape index (κ3) is 4.95. The Morgan fingerprint density at radius 1 is 0.442 bits per heavy atom. The topological polar surface area (TPSA) is 51.8 Å². The molecule has 2 aromatic heterocycles. The van der Waals surface area contributed by atoms with Crippen molar-refractivity contribution in [3.8, 4) is 67.5 Å². The maximum atomic E-state index is 9.49. The number of benzene rings is 7. The molecule has 10 rings (SSSR count). The van der Waals surface area contributed by atoms with Crippen LogP contribution in [0.25, 0.3) is 89.5 Å². The fourth-order valence-corrected chi connectivity index (χ4v) is 7.28. The summed E-state index contributed by atoms with van der Waals surface area (Å²) >= 11 is 0. The predicted octanol–water partition coefficient (Wildman–Crippen LogP) is 12.4. The van der Waals surface area contributed by atoms with Crippen LogP contribution in [0, 0.1) is 0 Å². The molecule has 0 fully saturated rings. The molecule has 4 nitrogen and oxygen atoms in total. The molecule has 0 spiro atoms. The molecule has 52 heavy (non-hydrogen) atoms. The average molecular weight is 674 g/mol. The maximum Gasteiger partial charge on any atom is 0.164 e. The van der Waals surface area contributed by atoms with E-state index in [9.17, 15) is 5.48 Å². The Bertz CT molecular complexity index is 3150. The van der Waals surface area contributed by atoms with Gasteiger partial charge in [0.15, 0.2) is 17.5 Å². The van der Waals surface area contributed by atoms with Crippen LogP contribution in [0.15, 0.2) is 168 Å². The molecule has 0 unspecified atom stereocenters. The van der Waals surface area contributed by atoms with E-state index in [1.807, 2.05) is 72.8 Å². The molecule has 246 valence electrons. The van der Waals surface area contributed by atoms with Crippen LogP contribution in [0.4, 0.5) is 0 Å². The molecular weight excluding hydrogens is 635 g/mol. The zero-order chi connectivity index (χ0) is 40.0. The summed E-state index contributed by atoms with van der Waals surface area (Å²) in [6, 6.07) is 40.0. The first kappa shape index (κ1) is 24.5. The number of furan rings is 1. The number of aromatic nitrogens is 3. The Hall–Kier alpha value is -6.65. The normalized spacial score (nSPS) is 14.6. The summed E-state index contributed by atoms with van der Waals surface area (Å²) in [5.41, 5.74) is 8.50. The van der Waals surface area contributed by atoms with Crippen LogP contribution in [0.3, 0.4) is 0 Å². The van der Waals surface area contributed by atoms with Gasteiger partial charge in [0.25, 0.3) is 0 Å². The predicted molar refractivity (Wildman–Crippen MR) is 212 cm³/mol. The number of hydrogen-bond acceptors (Lipinski definition) is 4. The van der Waals surface area contributed by atoms with E-state index in [0.717, 1.165) is 27.8 Å². The van der Waals surface area contributed by atoms with Gasteiger partial charge in [-0.05, 0) is 74.7 Å². The molecule has 1 aliphatic carbocycles. The lowest BCUT2D eigenvalue weighted by Crippen LogP contribution is -2.15. The van der Waals surface area contributed by atoms with Gasteiger partial charge in [0.05, 0.1) is 8.22 Å². The summed E-state index contributed by atoms with van der Waals surface area (Å²) in [4.78, 5) is 14.8. The largest absolute Gasteiger partial charge is 0.456 e. The molecular formula is C48H33N3O. The molecule has 0 saturated carbocycles. The Morgan fingerprint density at radius 3 is 1.75 bits per heavy atom. The fraction of sp³-hybridized carbons (Fsp3) is 0.0625. The molecule has 1 aliphatic rings. The smallest absolute Gasteiger partial charge is 0.164 e. The van der Waals surface area contributed by atoms with Crippen molar-refractivity contribution in [2.24, 2.45) is 0 Å². The first-order valence-electron chi connectivity index (χ1n) is 20.2. The zero-order valence-electron chi connectivity index (χ0n) is 34.4. The lowest BCUT2D eigenvalue weighted by atomic mass is 9.82. The lowest BCUT2D eigenvalue weighted by molar-refractivity contribution is 0.660. The van der Waals surface area contributed by atoms with Crippen molar-refractivity contribution in [1.82, 2.24) is 15.0 Å². The average Bonchev–Trinajstić information content (AvgIpc) is 3.77. The van der Waals surface area contributed by atoms with Gasteiger partial charge in [-0.2, -0.15) is 0 Å². The molecule has 0 aliphatic heterocycles. The highest BCUT2D eigenvalue weighted by Crippen LogP contribution is 2.49. The summed E-state index contributed by atoms with van der Waals surface area (Å²) in [6.07, 6.45) is 0. The second kappa shape index (κ2) is 11.7. The second-order valence-electron chi connectivity index (χ2n) is 13.6. The highest BCUT2D eigenvalue weighted by atomic mass is 16.3. The highest BCUT2D eigenvalue weighted by Gasteiger charge is 2.35. The standard InChI is InChI=1S/C48H33N3O/c1-48(2)41-16-10-9-15-37(41)38-24-21-35(28-42(38)48)46-49-45(33-19-17-32(18-20-33)30-11-5-3-6-12-30)50-47(51-46)36-22-25-39-40-27-34(31-13-7-4-8-14-31)23-26-43(40)52-44(39)29-36/h3-29H,1-2H3/i22D,23D,25D,26D,27D,29D. The summed E-state index contributed by atoms with van der Waals surface area (Å²) in [5, 5.41) is 0.182. The number of hydrogen-bond donors (Lipinski definition) is 0.